The molecule has 5 atom stereocenters. The summed E-state index contributed by atoms with van der Waals surface area (Å²) in [7, 11) is 3.90. The molecule has 1 aromatic heterocycles. The van der Waals surface area contributed by atoms with Crippen LogP contribution >= 0.6 is 0 Å². The molecule has 1 aliphatic heterocycles. The fraction of sp³-hybridized carbons (Fsp3) is 0.772. The van der Waals surface area contributed by atoms with Crippen LogP contribution in [0.2, 0.25) is 0 Å². The van der Waals surface area contributed by atoms with Gasteiger partial charge in [0.05, 0.1) is 17.7 Å². The molecule has 24 nitrogen and oxygen atoms in total. The number of aryl methyl sites for hydroxylation is 1. The van der Waals surface area contributed by atoms with Crippen LogP contribution in [0, 0.1) is 24.7 Å². The van der Waals surface area contributed by atoms with E-state index < -0.39 is 99.8 Å². The van der Waals surface area contributed by atoms with Gasteiger partial charge in [0.2, 0.25) is 53.7 Å². The second kappa shape index (κ2) is 29.2. The minimum Gasteiger partial charge on any atom is -0.448 e. The predicted octanol–water partition coefficient (Wildman–Crippen LogP) is 2.57. The number of likely N-dealkylation sites (N-methyl/N-ethyl adjacent to an activating group) is 1. The topological polar surface area (TPSA) is 312 Å². The molecule has 8 N–H and O–H groups in total. The Morgan fingerprint density at radius 2 is 1.22 bits per heavy atom. The number of carbonyl (C=O) groups is 10. The largest absolute Gasteiger partial charge is 0.448 e. The van der Waals surface area contributed by atoms with Crippen molar-refractivity contribution in [2.24, 2.45) is 17.8 Å². The summed E-state index contributed by atoms with van der Waals surface area (Å²) in [4.78, 5) is 147. The van der Waals surface area contributed by atoms with Crippen LogP contribution in [0.5, 0.6) is 0 Å². The Hall–Kier alpha value is -6.17. The molecule has 2 heterocycles. The summed E-state index contributed by atoms with van der Waals surface area (Å²) in [6, 6.07) is -4.91. The average Bonchev–Trinajstić information content (AvgIpc) is 4.00. The summed E-state index contributed by atoms with van der Waals surface area (Å²) in [5.41, 5.74) is -5.71. The molecule has 0 radical (unpaired) electrons. The lowest BCUT2D eigenvalue weighted by Crippen LogP contribution is -2.65. The van der Waals surface area contributed by atoms with E-state index in [1.807, 2.05) is 60.5 Å². The van der Waals surface area contributed by atoms with E-state index >= 15 is 0 Å². The highest BCUT2D eigenvalue weighted by molar-refractivity contribution is 6.00. The Morgan fingerprint density at radius 3 is 1.68 bits per heavy atom. The fourth-order valence-corrected chi connectivity index (χ4v) is 9.67. The van der Waals surface area contributed by atoms with Crippen LogP contribution in [0.25, 0.3) is 0 Å². The van der Waals surface area contributed by atoms with E-state index in [1.54, 1.807) is 27.7 Å². The summed E-state index contributed by atoms with van der Waals surface area (Å²) < 4.78 is 11.3. The zero-order valence-electron chi connectivity index (χ0n) is 51.7. The quantitative estimate of drug-likeness (QED) is 0.0496. The molecule has 1 aliphatic carbocycles. The van der Waals surface area contributed by atoms with Crippen molar-refractivity contribution in [1.82, 2.24) is 62.2 Å². The number of amides is 10. The summed E-state index contributed by atoms with van der Waals surface area (Å²) >= 11 is 0. The third-order valence-electron chi connectivity index (χ3n) is 14.1. The lowest BCUT2D eigenvalue weighted by molar-refractivity contribution is -0.145. The van der Waals surface area contributed by atoms with Gasteiger partial charge in [-0.2, -0.15) is 0 Å². The zero-order valence-corrected chi connectivity index (χ0v) is 51.7. The van der Waals surface area contributed by atoms with Crippen LogP contribution in [-0.2, 0) is 47.9 Å². The van der Waals surface area contributed by atoms with Gasteiger partial charge in [0, 0.05) is 33.0 Å². The minimum atomic E-state index is -1.68. The molecule has 10 amide bonds. The molecule has 1 aromatic rings. The SMILES string of the molecule is Cc1nc(C(=O)N2CCC[C@H]2N(C=O)[C@@H](COC(C)(C)C)C(=O)N[C@@H](CC(C)C)C(=O)NC(C)(C)C(=O)N[C@@H](CC(C)C)C(=O)N[C@@H](CC(C)C)C(=O)NC(C)(C)C(=O)NC(C)(C)C(=O)NCCC(=O)NC2(CN(C)C)CCC2)co1. The second-order valence-corrected chi connectivity index (χ2v) is 26.1. The van der Waals surface area contributed by atoms with Gasteiger partial charge in [0.25, 0.3) is 5.91 Å². The Bertz CT molecular complexity index is 2370. The number of rotatable bonds is 31. The minimum absolute atomic E-state index is 0.0412. The predicted molar refractivity (Wildman–Crippen MR) is 304 cm³/mol. The van der Waals surface area contributed by atoms with Crippen molar-refractivity contribution in [2.75, 3.05) is 40.3 Å². The van der Waals surface area contributed by atoms with Gasteiger partial charge in [-0.3, -0.25) is 47.9 Å². The number of hydrogen-bond donors (Lipinski definition) is 8. The van der Waals surface area contributed by atoms with Gasteiger partial charge in [-0.25, -0.2) is 4.98 Å². The summed E-state index contributed by atoms with van der Waals surface area (Å²) in [6.45, 7) is 27.6. The van der Waals surface area contributed by atoms with Gasteiger partial charge >= 0.3 is 0 Å². The van der Waals surface area contributed by atoms with E-state index in [0.29, 0.717) is 19.3 Å². The molecule has 1 saturated carbocycles. The first kappa shape index (κ1) is 69.1. The summed E-state index contributed by atoms with van der Waals surface area (Å²) in [5, 5.41) is 22.4. The highest BCUT2D eigenvalue weighted by atomic mass is 16.5. The third kappa shape index (κ3) is 21.3. The molecule has 0 spiro atoms. The summed E-state index contributed by atoms with van der Waals surface area (Å²) in [6.07, 6.45) is 4.98. The van der Waals surface area contributed by atoms with E-state index in [1.165, 1.54) is 57.6 Å². The first-order chi connectivity index (χ1) is 37.3. The monoisotopic (exact) mass is 1140 g/mol. The van der Waals surface area contributed by atoms with Crippen LogP contribution in [0.3, 0.4) is 0 Å². The van der Waals surface area contributed by atoms with Crippen LogP contribution in [0.1, 0.15) is 178 Å². The van der Waals surface area contributed by atoms with Gasteiger partial charge < -0.3 is 66.4 Å². The van der Waals surface area contributed by atoms with Crippen molar-refractivity contribution < 1.29 is 57.1 Å². The van der Waals surface area contributed by atoms with E-state index in [-0.39, 0.29) is 86.2 Å². The van der Waals surface area contributed by atoms with Crippen molar-refractivity contribution in [3.63, 3.8) is 0 Å². The van der Waals surface area contributed by atoms with Gasteiger partial charge in [-0.1, -0.05) is 41.5 Å². The molecular formula is C57H98N12O12. The van der Waals surface area contributed by atoms with E-state index in [4.69, 9.17) is 9.15 Å². The molecule has 2 aliphatic rings. The molecule has 1 saturated heterocycles. The van der Waals surface area contributed by atoms with Gasteiger partial charge in [-0.15, -0.1) is 0 Å². The number of nitrogens with one attached hydrogen (secondary N) is 8. The first-order valence-corrected chi connectivity index (χ1v) is 28.5. The highest BCUT2D eigenvalue weighted by Crippen LogP contribution is 2.32. The molecular weight excluding hydrogens is 1040 g/mol. The zero-order chi connectivity index (χ0) is 61.6. The van der Waals surface area contributed by atoms with Gasteiger partial charge in [-0.05, 0) is 146 Å². The van der Waals surface area contributed by atoms with Crippen LogP contribution in [0.4, 0.5) is 0 Å². The summed E-state index contributed by atoms with van der Waals surface area (Å²) in [5.74, 6) is -5.63. The molecule has 0 bridgehead atoms. The molecule has 81 heavy (non-hydrogen) atoms. The molecule has 0 unspecified atom stereocenters. The smallest absolute Gasteiger partial charge is 0.277 e. The van der Waals surface area contributed by atoms with Crippen molar-refractivity contribution in [3.8, 4) is 0 Å². The highest BCUT2D eigenvalue weighted by Gasteiger charge is 2.44. The molecule has 24 heteroatoms. The van der Waals surface area contributed by atoms with Crippen LogP contribution in [0.15, 0.2) is 10.7 Å². The second-order valence-electron chi connectivity index (χ2n) is 26.1. The van der Waals surface area contributed by atoms with E-state index in [9.17, 15) is 47.9 Å². The standard InChI is InChI=1S/C57H98N12O12/c1-34(2)27-38(45(72)60-39(28-35(3)4)46(73)65-56(15,16)52(79)66-54(11,12)50(77)58-25-22-43(71)63-57(23-20-24-57)32-67(17)18)62-51(78)55(13,14)64-47(74)40(29-36(5)6)61-48(75)42(31-81-53(8,9)10)69(33-70)44-21-19-26-68(44)49(76)41-30-80-37(7)59-41/h30,33-36,38-40,42,44H,19-29,31-32H2,1-18H3,(H,58,77)(H,60,72)(H,61,75)(H,62,78)(H,63,71)(H,64,74)(H,65,73)(H,66,79)/t38-,39-,40-,42-,44+/m0/s1. The maximum Gasteiger partial charge on any atom is 0.277 e. The first-order valence-electron chi connectivity index (χ1n) is 28.5. The fourth-order valence-electron chi connectivity index (χ4n) is 9.67. The number of hydrogen-bond acceptors (Lipinski definition) is 14. The maximum atomic E-state index is 14.5. The van der Waals surface area contributed by atoms with Crippen molar-refractivity contribution in [2.45, 2.75) is 227 Å². The number of likely N-dealkylation sites (tertiary alicyclic amines) is 1. The Balaban J connectivity index is 1.74. The Labute approximate surface area is 480 Å². The number of oxazole rings is 1. The molecule has 458 valence electrons. The van der Waals surface area contributed by atoms with Crippen molar-refractivity contribution in [1.29, 1.82) is 0 Å². The van der Waals surface area contributed by atoms with Gasteiger partial charge in [0.1, 0.15) is 53.2 Å². The van der Waals surface area contributed by atoms with Crippen LogP contribution < -0.4 is 42.5 Å². The molecule has 2 fully saturated rings. The Kier molecular flexibility index (Phi) is 24.9. The normalized spacial score (nSPS) is 17.1. The van der Waals surface area contributed by atoms with Gasteiger partial charge in [0.15, 0.2) is 11.6 Å². The number of ether oxygens (including phenoxy) is 1. The number of nitrogens with zero attached hydrogens (tertiary/aromatic N) is 4. The molecule has 0 aromatic carbocycles. The lowest BCUT2D eigenvalue weighted by Gasteiger charge is -2.44. The average molecular weight is 1140 g/mol. The van der Waals surface area contributed by atoms with E-state index in [0.717, 1.165) is 25.8 Å². The Morgan fingerprint density at radius 1 is 0.716 bits per heavy atom. The van der Waals surface area contributed by atoms with Crippen LogP contribution in [-0.4, -0.2) is 178 Å². The van der Waals surface area contributed by atoms with Crippen molar-refractivity contribution >= 4 is 59.6 Å². The lowest BCUT2D eigenvalue weighted by atomic mass is 9.76. The number of aromatic nitrogens is 1. The maximum absolute atomic E-state index is 14.5. The third-order valence-corrected chi connectivity index (χ3v) is 14.1. The van der Waals surface area contributed by atoms with E-state index in [2.05, 4.69) is 47.5 Å². The van der Waals surface area contributed by atoms with Crippen molar-refractivity contribution in [3.05, 3.63) is 17.8 Å². The molecule has 3 rings (SSSR count). The number of carbonyl (C=O) groups excluding carboxylic acids is 10.